The van der Waals surface area contributed by atoms with Crippen LogP contribution in [0.3, 0.4) is 0 Å². The second-order valence-electron chi connectivity index (χ2n) is 2.76. The fraction of sp³-hybridized carbons (Fsp3) is 0.222. The fourth-order valence-corrected chi connectivity index (χ4v) is 1.07. The third-order valence-corrected chi connectivity index (χ3v) is 1.69. The van der Waals surface area contributed by atoms with Crippen LogP contribution < -0.4 is 5.73 Å². The lowest BCUT2D eigenvalue weighted by atomic mass is 10.1. The summed E-state index contributed by atoms with van der Waals surface area (Å²) in [5, 5.41) is 0. The first-order valence-electron chi connectivity index (χ1n) is 3.98. The Morgan fingerprint density at radius 2 is 1.93 bits per heavy atom. The van der Waals surface area contributed by atoms with Gasteiger partial charge in [-0.3, -0.25) is 0 Å². The average Bonchev–Trinajstić information content (AvgIpc) is 2.13. The molecule has 2 N–H and O–H groups in total. The van der Waals surface area contributed by atoms with Crippen molar-refractivity contribution in [2.45, 2.75) is 12.8 Å². The number of carbonyl (C=O) groups excluding carboxylic acids is 1. The maximum atomic E-state index is 12.4. The molecule has 15 heavy (non-hydrogen) atoms. The molecule has 0 fully saturated rings. The van der Waals surface area contributed by atoms with Crippen LogP contribution in [-0.2, 0) is 17.5 Å². The van der Waals surface area contributed by atoms with E-state index in [-0.39, 0.29) is 5.56 Å². The lowest BCUT2D eigenvalue weighted by molar-refractivity contribution is -0.138. The van der Waals surface area contributed by atoms with E-state index in [2.05, 4.69) is 10.5 Å². The Bertz CT molecular complexity index is 363. The summed E-state index contributed by atoms with van der Waals surface area (Å²) in [7, 11) is 0. The molecule has 0 bridgehead atoms. The Kier molecular flexibility index (Phi) is 3.18. The lowest BCUT2D eigenvalue weighted by Crippen LogP contribution is -2.15. The zero-order valence-electron chi connectivity index (χ0n) is 7.54. The number of primary amides is 1. The highest BCUT2D eigenvalue weighted by Crippen LogP contribution is 2.31. The van der Waals surface area contributed by atoms with Crippen molar-refractivity contribution in [3.63, 3.8) is 0 Å². The maximum Gasteiger partial charge on any atom is 0.416 e. The van der Waals surface area contributed by atoms with Crippen LogP contribution in [-0.4, -0.2) is 6.09 Å². The molecule has 1 amide bonds. The molecule has 0 aliphatic carbocycles. The van der Waals surface area contributed by atoms with E-state index in [1.54, 1.807) is 0 Å². The van der Waals surface area contributed by atoms with Gasteiger partial charge in [0.1, 0.15) is 6.61 Å². The number of nitrogens with two attached hydrogens (primary N) is 1. The standard InChI is InChI=1S/C9H8F3NO2/c10-9(11,12)7-4-2-1-3-6(7)5-15-8(13)14/h1-4H,5H2,(H2,13,14). The molecule has 1 rings (SSSR count). The number of halogens is 3. The third kappa shape index (κ3) is 3.16. The van der Waals surface area contributed by atoms with E-state index < -0.39 is 24.4 Å². The van der Waals surface area contributed by atoms with Gasteiger partial charge in [-0.25, -0.2) is 4.79 Å². The van der Waals surface area contributed by atoms with Gasteiger partial charge in [0.15, 0.2) is 0 Å². The minimum atomic E-state index is -4.46. The van der Waals surface area contributed by atoms with E-state index >= 15 is 0 Å². The minimum absolute atomic E-state index is 0.121. The van der Waals surface area contributed by atoms with Crippen molar-refractivity contribution in [2.24, 2.45) is 5.73 Å². The first kappa shape index (κ1) is 11.4. The van der Waals surface area contributed by atoms with Gasteiger partial charge in [0.25, 0.3) is 0 Å². The van der Waals surface area contributed by atoms with Gasteiger partial charge in [0, 0.05) is 5.56 Å². The average molecular weight is 219 g/mol. The van der Waals surface area contributed by atoms with Gasteiger partial charge in [-0.05, 0) is 6.07 Å². The predicted molar refractivity (Wildman–Crippen MR) is 45.8 cm³/mol. The van der Waals surface area contributed by atoms with E-state index in [9.17, 15) is 18.0 Å². The zero-order valence-corrected chi connectivity index (χ0v) is 7.54. The second kappa shape index (κ2) is 4.20. The van der Waals surface area contributed by atoms with Crippen LogP contribution in [0.2, 0.25) is 0 Å². The molecule has 0 atom stereocenters. The first-order valence-corrected chi connectivity index (χ1v) is 3.98. The van der Waals surface area contributed by atoms with Gasteiger partial charge in [-0.2, -0.15) is 13.2 Å². The molecule has 1 aromatic carbocycles. The zero-order chi connectivity index (χ0) is 11.5. The molecule has 0 saturated heterocycles. The van der Waals surface area contributed by atoms with Gasteiger partial charge in [0.05, 0.1) is 5.56 Å². The largest absolute Gasteiger partial charge is 0.445 e. The van der Waals surface area contributed by atoms with Gasteiger partial charge in [-0.1, -0.05) is 18.2 Å². The van der Waals surface area contributed by atoms with Gasteiger partial charge in [0.2, 0.25) is 0 Å². The number of carbonyl (C=O) groups is 1. The highest BCUT2D eigenvalue weighted by Gasteiger charge is 2.32. The van der Waals surface area contributed by atoms with Gasteiger partial charge in [-0.15, -0.1) is 0 Å². The molecule has 0 saturated carbocycles. The summed E-state index contributed by atoms with van der Waals surface area (Å²) in [4.78, 5) is 10.3. The predicted octanol–water partition coefficient (Wildman–Crippen LogP) is 2.30. The summed E-state index contributed by atoms with van der Waals surface area (Å²) in [6.07, 6.45) is -5.57. The van der Waals surface area contributed by atoms with Gasteiger partial charge < -0.3 is 10.5 Å². The van der Waals surface area contributed by atoms with Crippen LogP contribution in [0.15, 0.2) is 24.3 Å². The third-order valence-electron chi connectivity index (χ3n) is 1.69. The number of ether oxygens (including phenoxy) is 1. The molecular formula is C9H8F3NO2. The van der Waals surface area contributed by atoms with Crippen LogP contribution in [0.4, 0.5) is 18.0 Å². The van der Waals surface area contributed by atoms with E-state index in [1.807, 2.05) is 0 Å². The topological polar surface area (TPSA) is 52.3 Å². The van der Waals surface area contributed by atoms with Gasteiger partial charge >= 0.3 is 12.3 Å². The molecule has 0 aromatic heterocycles. The Morgan fingerprint density at radius 1 is 1.33 bits per heavy atom. The number of benzene rings is 1. The Hall–Kier alpha value is -1.72. The minimum Gasteiger partial charge on any atom is -0.445 e. The summed E-state index contributed by atoms with van der Waals surface area (Å²) in [5.74, 6) is 0. The summed E-state index contributed by atoms with van der Waals surface area (Å²) in [5.41, 5.74) is 3.71. The molecule has 82 valence electrons. The molecule has 0 aliphatic rings. The summed E-state index contributed by atoms with van der Waals surface area (Å²) in [6.45, 7) is -0.481. The van der Waals surface area contributed by atoms with Crippen molar-refractivity contribution >= 4 is 6.09 Å². The molecular weight excluding hydrogens is 211 g/mol. The van der Waals surface area contributed by atoms with Crippen LogP contribution in [0, 0.1) is 0 Å². The molecule has 0 heterocycles. The Morgan fingerprint density at radius 3 is 2.47 bits per heavy atom. The smallest absolute Gasteiger partial charge is 0.416 e. The molecule has 0 radical (unpaired) electrons. The first-order chi connectivity index (χ1) is 6.91. The van der Waals surface area contributed by atoms with Crippen molar-refractivity contribution < 1.29 is 22.7 Å². The monoisotopic (exact) mass is 219 g/mol. The van der Waals surface area contributed by atoms with E-state index in [4.69, 9.17) is 0 Å². The molecule has 0 aliphatic heterocycles. The highest BCUT2D eigenvalue weighted by molar-refractivity contribution is 5.64. The van der Waals surface area contributed by atoms with Crippen molar-refractivity contribution in [1.82, 2.24) is 0 Å². The number of alkyl halides is 3. The highest BCUT2D eigenvalue weighted by atomic mass is 19.4. The van der Waals surface area contributed by atoms with Crippen molar-refractivity contribution in [3.8, 4) is 0 Å². The van der Waals surface area contributed by atoms with Crippen LogP contribution in [0.1, 0.15) is 11.1 Å². The maximum absolute atomic E-state index is 12.4. The van der Waals surface area contributed by atoms with E-state index in [0.29, 0.717) is 0 Å². The molecule has 3 nitrogen and oxygen atoms in total. The fourth-order valence-electron chi connectivity index (χ4n) is 1.07. The van der Waals surface area contributed by atoms with Crippen LogP contribution in [0.25, 0.3) is 0 Å². The van der Waals surface area contributed by atoms with Crippen LogP contribution >= 0.6 is 0 Å². The Labute approximate surface area is 83.6 Å². The lowest BCUT2D eigenvalue weighted by Gasteiger charge is -2.11. The summed E-state index contributed by atoms with van der Waals surface area (Å²) < 4.78 is 41.5. The van der Waals surface area contributed by atoms with Crippen molar-refractivity contribution in [3.05, 3.63) is 35.4 Å². The number of rotatable bonds is 2. The number of hydrogen-bond acceptors (Lipinski definition) is 2. The normalized spacial score (nSPS) is 11.1. The summed E-state index contributed by atoms with van der Waals surface area (Å²) >= 11 is 0. The number of amides is 1. The number of hydrogen-bond donors (Lipinski definition) is 1. The molecule has 6 heteroatoms. The Balaban J connectivity index is 2.92. The molecule has 1 aromatic rings. The molecule has 0 unspecified atom stereocenters. The second-order valence-corrected chi connectivity index (χ2v) is 2.76. The van der Waals surface area contributed by atoms with E-state index in [0.717, 1.165) is 6.07 Å². The molecule has 0 spiro atoms. The van der Waals surface area contributed by atoms with Crippen molar-refractivity contribution in [2.75, 3.05) is 0 Å². The van der Waals surface area contributed by atoms with Crippen LogP contribution in [0.5, 0.6) is 0 Å². The van der Waals surface area contributed by atoms with E-state index in [1.165, 1.54) is 18.2 Å². The quantitative estimate of drug-likeness (QED) is 0.829. The van der Waals surface area contributed by atoms with Crippen molar-refractivity contribution in [1.29, 1.82) is 0 Å². The SMILES string of the molecule is NC(=O)OCc1ccccc1C(F)(F)F. The summed E-state index contributed by atoms with van der Waals surface area (Å²) in [6, 6.07) is 4.83.